The third-order valence-electron chi connectivity index (χ3n) is 3.49. The van der Waals surface area contributed by atoms with E-state index in [1.807, 2.05) is 0 Å². The first kappa shape index (κ1) is 11.8. The first-order chi connectivity index (χ1) is 6.68. The maximum atomic E-state index is 3.48. The zero-order valence-corrected chi connectivity index (χ0v) is 10.9. The SMILES string of the molecule is CCC(CC)(CC)c1ccc(Br)cc1. The number of rotatable bonds is 4. The van der Waals surface area contributed by atoms with Crippen molar-refractivity contribution in [1.82, 2.24) is 0 Å². The number of hydrogen-bond acceptors (Lipinski definition) is 0. The lowest BCUT2D eigenvalue weighted by atomic mass is 9.74. The molecule has 0 fully saturated rings. The van der Waals surface area contributed by atoms with Gasteiger partial charge in [0.25, 0.3) is 0 Å². The lowest BCUT2D eigenvalue weighted by Gasteiger charge is -2.31. The highest BCUT2D eigenvalue weighted by Gasteiger charge is 2.25. The fraction of sp³-hybridized carbons (Fsp3) is 0.538. The summed E-state index contributed by atoms with van der Waals surface area (Å²) in [6.07, 6.45) is 3.67. The first-order valence-electron chi connectivity index (χ1n) is 5.44. The van der Waals surface area contributed by atoms with Crippen LogP contribution in [0.5, 0.6) is 0 Å². The van der Waals surface area contributed by atoms with E-state index < -0.39 is 0 Å². The van der Waals surface area contributed by atoms with Gasteiger partial charge in [0.05, 0.1) is 0 Å². The molecular formula is C13H19Br. The Kier molecular flexibility index (Phi) is 4.18. The van der Waals surface area contributed by atoms with Crippen LogP contribution in [-0.2, 0) is 5.41 Å². The molecule has 0 heterocycles. The minimum absolute atomic E-state index is 0.390. The van der Waals surface area contributed by atoms with Gasteiger partial charge in [-0.2, -0.15) is 0 Å². The van der Waals surface area contributed by atoms with E-state index in [1.165, 1.54) is 29.3 Å². The second-order valence-electron chi connectivity index (χ2n) is 3.85. The molecule has 1 aromatic rings. The molecule has 0 nitrogen and oxygen atoms in total. The van der Waals surface area contributed by atoms with Crippen LogP contribution in [0.25, 0.3) is 0 Å². The van der Waals surface area contributed by atoms with Crippen molar-refractivity contribution in [2.45, 2.75) is 45.4 Å². The van der Waals surface area contributed by atoms with E-state index in [2.05, 4.69) is 61.0 Å². The molecule has 0 N–H and O–H groups in total. The Balaban J connectivity index is 3.05. The van der Waals surface area contributed by atoms with Crippen molar-refractivity contribution in [2.24, 2.45) is 0 Å². The molecule has 1 rings (SSSR count). The summed E-state index contributed by atoms with van der Waals surface area (Å²) in [4.78, 5) is 0. The van der Waals surface area contributed by atoms with Gasteiger partial charge in [-0.15, -0.1) is 0 Å². The fourth-order valence-electron chi connectivity index (χ4n) is 2.17. The average molecular weight is 255 g/mol. The first-order valence-corrected chi connectivity index (χ1v) is 6.24. The highest BCUT2D eigenvalue weighted by atomic mass is 79.9. The maximum absolute atomic E-state index is 3.48. The van der Waals surface area contributed by atoms with Crippen molar-refractivity contribution >= 4 is 15.9 Å². The molecule has 0 aliphatic carbocycles. The smallest absolute Gasteiger partial charge is 0.0175 e. The number of hydrogen-bond donors (Lipinski definition) is 0. The van der Waals surface area contributed by atoms with E-state index in [-0.39, 0.29) is 0 Å². The third kappa shape index (κ3) is 2.20. The molecule has 0 bridgehead atoms. The zero-order chi connectivity index (χ0) is 10.6. The van der Waals surface area contributed by atoms with Gasteiger partial charge in [0.1, 0.15) is 0 Å². The summed E-state index contributed by atoms with van der Waals surface area (Å²) in [7, 11) is 0. The summed E-state index contributed by atoms with van der Waals surface area (Å²) in [6.45, 7) is 6.86. The predicted molar refractivity (Wildman–Crippen MR) is 66.7 cm³/mol. The fourth-order valence-corrected chi connectivity index (χ4v) is 2.43. The van der Waals surface area contributed by atoms with E-state index in [9.17, 15) is 0 Å². The summed E-state index contributed by atoms with van der Waals surface area (Å²) in [5, 5.41) is 0. The Morgan fingerprint density at radius 1 is 0.929 bits per heavy atom. The van der Waals surface area contributed by atoms with Gasteiger partial charge in [-0.25, -0.2) is 0 Å². The molecule has 0 radical (unpaired) electrons. The van der Waals surface area contributed by atoms with E-state index in [4.69, 9.17) is 0 Å². The van der Waals surface area contributed by atoms with Crippen LogP contribution in [0, 0.1) is 0 Å². The normalized spacial score (nSPS) is 11.7. The van der Waals surface area contributed by atoms with E-state index in [1.54, 1.807) is 0 Å². The van der Waals surface area contributed by atoms with Crippen LogP contribution in [0.3, 0.4) is 0 Å². The minimum Gasteiger partial charge on any atom is -0.0645 e. The van der Waals surface area contributed by atoms with E-state index in [0.717, 1.165) is 0 Å². The lowest BCUT2D eigenvalue weighted by molar-refractivity contribution is 0.381. The van der Waals surface area contributed by atoms with E-state index in [0.29, 0.717) is 5.41 Å². The Hall–Kier alpha value is -0.300. The average Bonchev–Trinajstić information content (AvgIpc) is 2.24. The van der Waals surface area contributed by atoms with Crippen molar-refractivity contribution in [2.75, 3.05) is 0 Å². The standard InChI is InChI=1S/C13H19Br/c1-4-13(5-2,6-3)11-7-9-12(14)10-8-11/h7-10H,4-6H2,1-3H3. The summed E-state index contributed by atoms with van der Waals surface area (Å²) in [5.74, 6) is 0. The van der Waals surface area contributed by atoms with Gasteiger partial charge in [-0.3, -0.25) is 0 Å². The van der Waals surface area contributed by atoms with Crippen LogP contribution in [0.4, 0.5) is 0 Å². The summed E-state index contributed by atoms with van der Waals surface area (Å²) in [5.41, 5.74) is 1.87. The monoisotopic (exact) mass is 254 g/mol. The van der Waals surface area contributed by atoms with Crippen molar-refractivity contribution in [1.29, 1.82) is 0 Å². The minimum atomic E-state index is 0.390. The molecule has 0 unspecified atom stereocenters. The van der Waals surface area contributed by atoms with Crippen molar-refractivity contribution < 1.29 is 0 Å². The zero-order valence-electron chi connectivity index (χ0n) is 9.31. The lowest BCUT2D eigenvalue weighted by Crippen LogP contribution is -2.22. The number of benzene rings is 1. The van der Waals surface area contributed by atoms with Crippen LogP contribution in [0.15, 0.2) is 28.7 Å². The van der Waals surface area contributed by atoms with Gasteiger partial charge in [-0.05, 0) is 42.4 Å². The Bertz CT molecular complexity index is 262. The molecule has 0 aliphatic rings. The Morgan fingerprint density at radius 2 is 1.36 bits per heavy atom. The highest BCUT2D eigenvalue weighted by molar-refractivity contribution is 9.10. The molecule has 0 spiro atoms. The van der Waals surface area contributed by atoms with Gasteiger partial charge >= 0.3 is 0 Å². The maximum Gasteiger partial charge on any atom is 0.0175 e. The van der Waals surface area contributed by atoms with Crippen molar-refractivity contribution in [3.8, 4) is 0 Å². The van der Waals surface area contributed by atoms with Gasteiger partial charge in [0.2, 0.25) is 0 Å². The van der Waals surface area contributed by atoms with Gasteiger partial charge in [0, 0.05) is 4.47 Å². The summed E-state index contributed by atoms with van der Waals surface area (Å²) >= 11 is 3.48. The van der Waals surface area contributed by atoms with Gasteiger partial charge in [0.15, 0.2) is 0 Å². The van der Waals surface area contributed by atoms with Crippen LogP contribution in [0.1, 0.15) is 45.6 Å². The van der Waals surface area contributed by atoms with Crippen LogP contribution in [0.2, 0.25) is 0 Å². The largest absolute Gasteiger partial charge is 0.0645 e. The molecule has 0 amide bonds. The molecule has 78 valence electrons. The molecule has 0 aliphatic heterocycles. The summed E-state index contributed by atoms with van der Waals surface area (Å²) in [6, 6.07) is 8.79. The Labute approximate surface area is 95.9 Å². The van der Waals surface area contributed by atoms with Crippen molar-refractivity contribution in [3.63, 3.8) is 0 Å². The summed E-state index contributed by atoms with van der Waals surface area (Å²) < 4.78 is 1.17. The Morgan fingerprint density at radius 3 is 1.71 bits per heavy atom. The topological polar surface area (TPSA) is 0 Å². The molecule has 14 heavy (non-hydrogen) atoms. The quantitative estimate of drug-likeness (QED) is 0.716. The second-order valence-corrected chi connectivity index (χ2v) is 4.76. The van der Waals surface area contributed by atoms with Crippen LogP contribution in [-0.4, -0.2) is 0 Å². The van der Waals surface area contributed by atoms with Crippen LogP contribution < -0.4 is 0 Å². The molecule has 0 atom stereocenters. The van der Waals surface area contributed by atoms with E-state index >= 15 is 0 Å². The number of halogens is 1. The molecule has 0 saturated heterocycles. The van der Waals surface area contributed by atoms with Crippen LogP contribution >= 0.6 is 15.9 Å². The van der Waals surface area contributed by atoms with Gasteiger partial charge in [-0.1, -0.05) is 48.8 Å². The second kappa shape index (κ2) is 4.97. The highest BCUT2D eigenvalue weighted by Crippen LogP contribution is 2.35. The van der Waals surface area contributed by atoms with Gasteiger partial charge < -0.3 is 0 Å². The molecule has 1 heteroatoms. The molecular weight excluding hydrogens is 236 g/mol. The third-order valence-corrected chi connectivity index (χ3v) is 4.02. The molecule has 0 saturated carbocycles. The van der Waals surface area contributed by atoms with Crippen molar-refractivity contribution in [3.05, 3.63) is 34.3 Å². The molecule has 0 aromatic heterocycles. The predicted octanol–water partition coefficient (Wildman–Crippen LogP) is 4.92. The molecule has 1 aromatic carbocycles.